The van der Waals surface area contributed by atoms with E-state index >= 15 is 0 Å². The fourth-order valence-corrected chi connectivity index (χ4v) is 1.97. The monoisotopic (exact) mass is 365 g/mol. The van der Waals surface area contributed by atoms with Crippen LogP contribution in [0.1, 0.15) is 16.7 Å². The summed E-state index contributed by atoms with van der Waals surface area (Å²) in [6.07, 6.45) is -1.91. The first kappa shape index (κ1) is 19.7. The van der Waals surface area contributed by atoms with E-state index in [9.17, 15) is 18.0 Å². The second-order valence-electron chi connectivity index (χ2n) is 5.32. The molecule has 0 aromatic heterocycles. The maximum Gasteiger partial charge on any atom is 0.488 e. The summed E-state index contributed by atoms with van der Waals surface area (Å²) in [4.78, 5) is 16.6. The second kappa shape index (κ2) is 8.66. The van der Waals surface area contributed by atoms with Gasteiger partial charge in [-0.3, -0.25) is 9.63 Å². The highest BCUT2D eigenvalue weighted by molar-refractivity contribution is 6.58. The molecule has 0 unspecified atom stereocenters. The van der Waals surface area contributed by atoms with E-state index in [-0.39, 0.29) is 6.61 Å². The standard InChI is InChI=1S/C17H15BF3NO4/c19-17(20,21)14-6-1-12(2-7-14)5-10-16(23)22-26-11-13-3-8-15(9-4-13)18(24)25/h1-10,24-25H,11H2,(H,22,23)/b10-5+. The molecule has 2 rings (SSSR count). The first-order valence-corrected chi connectivity index (χ1v) is 7.48. The quantitative estimate of drug-likeness (QED) is 0.413. The molecule has 2 aromatic carbocycles. The molecule has 26 heavy (non-hydrogen) atoms. The van der Waals surface area contributed by atoms with Crippen LogP contribution in [0.3, 0.4) is 0 Å². The summed E-state index contributed by atoms with van der Waals surface area (Å²) >= 11 is 0. The molecule has 0 spiro atoms. The average Bonchev–Trinajstić information content (AvgIpc) is 2.60. The predicted octanol–water partition coefficient (Wildman–Crippen LogP) is 1.65. The number of carbonyl (C=O) groups excluding carboxylic acids is 1. The number of hydroxylamine groups is 1. The van der Waals surface area contributed by atoms with Crippen LogP contribution in [-0.4, -0.2) is 23.1 Å². The summed E-state index contributed by atoms with van der Waals surface area (Å²) in [5, 5.41) is 18.0. The van der Waals surface area contributed by atoms with Crippen molar-refractivity contribution in [3.05, 3.63) is 71.3 Å². The number of benzene rings is 2. The molecule has 0 heterocycles. The van der Waals surface area contributed by atoms with Crippen LogP contribution in [0, 0.1) is 0 Å². The topological polar surface area (TPSA) is 78.8 Å². The van der Waals surface area contributed by atoms with Gasteiger partial charge in [-0.2, -0.15) is 13.2 Å². The molecule has 0 saturated heterocycles. The second-order valence-corrected chi connectivity index (χ2v) is 5.32. The summed E-state index contributed by atoms with van der Waals surface area (Å²) < 4.78 is 37.4. The Hall–Kier alpha value is -2.62. The van der Waals surface area contributed by atoms with Gasteiger partial charge < -0.3 is 10.0 Å². The summed E-state index contributed by atoms with van der Waals surface area (Å²) in [5.74, 6) is -0.577. The lowest BCUT2D eigenvalue weighted by atomic mass is 9.80. The number of alkyl halides is 3. The molecule has 0 atom stereocenters. The van der Waals surface area contributed by atoms with Crippen molar-refractivity contribution in [3.8, 4) is 0 Å². The van der Waals surface area contributed by atoms with E-state index in [1.807, 2.05) is 0 Å². The first-order valence-electron chi connectivity index (χ1n) is 7.48. The van der Waals surface area contributed by atoms with Crippen LogP contribution >= 0.6 is 0 Å². The molecule has 0 bridgehead atoms. The minimum atomic E-state index is -4.40. The van der Waals surface area contributed by atoms with Crippen LogP contribution in [0.5, 0.6) is 0 Å². The van der Waals surface area contributed by atoms with Gasteiger partial charge in [0.25, 0.3) is 5.91 Å². The zero-order valence-electron chi connectivity index (χ0n) is 13.4. The third-order valence-electron chi connectivity index (χ3n) is 3.35. The van der Waals surface area contributed by atoms with Crippen molar-refractivity contribution in [1.29, 1.82) is 0 Å². The Labute approximate surface area is 147 Å². The number of hydrogen-bond donors (Lipinski definition) is 3. The van der Waals surface area contributed by atoms with Gasteiger partial charge in [-0.25, -0.2) is 5.48 Å². The lowest BCUT2D eigenvalue weighted by molar-refractivity contribution is -0.137. The number of carbonyl (C=O) groups is 1. The van der Waals surface area contributed by atoms with Crippen molar-refractivity contribution in [1.82, 2.24) is 5.48 Å². The van der Waals surface area contributed by atoms with Crippen molar-refractivity contribution < 1.29 is 32.9 Å². The molecule has 0 aliphatic carbocycles. The third kappa shape index (κ3) is 6.03. The van der Waals surface area contributed by atoms with Crippen LogP contribution < -0.4 is 10.9 Å². The molecular weight excluding hydrogens is 350 g/mol. The molecule has 0 aliphatic rings. The normalized spacial score (nSPS) is 11.6. The average molecular weight is 365 g/mol. The smallest absolute Gasteiger partial charge is 0.423 e. The minimum absolute atomic E-state index is 0.0572. The molecule has 0 radical (unpaired) electrons. The van der Waals surface area contributed by atoms with E-state index in [4.69, 9.17) is 14.9 Å². The van der Waals surface area contributed by atoms with Crippen LogP contribution in [0.2, 0.25) is 0 Å². The Kier molecular flexibility index (Phi) is 6.56. The summed E-state index contributed by atoms with van der Waals surface area (Å²) in [6, 6.07) is 10.6. The summed E-state index contributed by atoms with van der Waals surface area (Å²) in [7, 11) is -1.56. The zero-order chi connectivity index (χ0) is 19.2. The van der Waals surface area contributed by atoms with Crippen molar-refractivity contribution in [2.24, 2.45) is 0 Å². The molecule has 0 aliphatic heterocycles. The number of amides is 1. The van der Waals surface area contributed by atoms with Gasteiger partial charge in [0.2, 0.25) is 0 Å². The van der Waals surface area contributed by atoms with E-state index in [0.717, 1.165) is 18.2 Å². The highest BCUT2D eigenvalue weighted by Crippen LogP contribution is 2.29. The summed E-state index contributed by atoms with van der Waals surface area (Å²) in [5.41, 5.74) is 2.87. The maximum absolute atomic E-state index is 12.5. The van der Waals surface area contributed by atoms with E-state index < -0.39 is 24.8 Å². The third-order valence-corrected chi connectivity index (χ3v) is 3.35. The van der Waals surface area contributed by atoms with Gasteiger partial charge in [-0.1, -0.05) is 36.4 Å². The molecule has 3 N–H and O–H groups in total. The van der Waals surface area contributed by atoms with Gasteiger partial charge in [0.05, 0.1) is 12.2 Å². The Morgan fingerprint density at radius 2 is 1.69 bits per heavy atom. The predicted molar refractivity (Wildman–Crippen MR) is 89.7 cm³/mol. The van der Waals surface area contributed by atoms with Gasteiger partial charge in [0.15, 0.2) is 0 Å². The van der Waals surface area contributed by atoms with E-state index in [1.165, 1.54) is 30.3 Å². The van der Waals surface area contributed by atoms with E-state index in [2.05, 4.69) is 5.48 Å². The summed E-state index contributed by atoms with van der Waals surface area (Å²) in [6.45, 7) is 0.0572. The first-order chi connectivity index (χ1) is 12.3. The molecule has 0 fully saturated rings. The van der Waals surface area contributed by atoms with Gasteiger partial charge in [-0.05, 0) is 34.8 Å². The lowest BCUT2D eigenvalue weighted by Gasteiger charge is -2.06. The Morgan fingerprint density at radius 1 is 1.08 bits per heavy atom. The van der Waals surface area contributed by atoms with Gasteiger partial charge >= 0.3 is 13.3 Å². The van der Waals surface area contributed by atoms with Crippen LogP contribution in [0.4, 0.5) is 13.2 Å². The highest BCUT2D eigenvalue weighted by Gasteiger charge is 2.29. The maximum atomic E-state index is 12.5. The molecule has 2 aromatic rings. The number of hydrogen-bond acceptors (Lipinski definition) is 4. The molecule has 9 heteroatoms. The van der Waals surface area contributed by atoms with Gasteiger partial charge in [0.1, 0.15) is 0 Å². The highest BCUT2D eigenvalue weighted by atomic mass is 19.4. The number of nitrogens with one attached hydrogen (secondary N) is 1. The molecule has 1 amide bonds. The zero-order valence-corrected chi connectivity index (χ0v) is 13.4. The Morgan fingerprint density at radius 3 is 2.23 bits per heavy atom. The Bertz CT molecular complexity index is 759. The fraction of sp³-hybridized carbons (Fsp3) is 0.118. The number of halogens is 3. The van der Waals surface area contributed by atoms with Crippen molar-refractivity contribution >= 4 is 24.6 Å². The van der Waals surface area contributed by atoms with E-state index in [0.29, 0.717) is 16.6 Å². The SMILES string of the molecule is O=C(/C=C/c1ccc(C(F)(F)F)cc1)NOCc1ccc(B(O)O)cc1. The van der Waals surface area contributed by atoms with Crippen molar-refractivity contribution in [2.45, 2.75) is 12.8 Å². The molecular formula is C17H15BF3NO4. The number of rotatable bonds is 6. The molecule has 5 nitrogen and oxygen atoms in total. The fourth-order valence-electron chi connectivity index (χ4n) is 1.97. The van der Waals surface area contributed by atoms with Crippen LogP contribution in [-0.2, 0) is 22.4 Å². The Balaban J connectivity index is 1.80. The van der Waals surface area contributed by atoms with Crippen LogP contribution in [0.15, 0.2) is 54.6 Å². The van der Waals surface area contributed by atoms with E-state index in [1.54, 1.807) is 12.1 Å². The van der Waals surface area contributed by atoms with Crippen LogP contribution in [0.25, 0.3) is 6.08 Å². The van der Waals surface area contributed by atoms with Crippen molar-refractivity contribution in [2.75, 3.05) is 0 Å². The lowest BCUT2D eigenvalue weighted by Crippen LogP contribution is -2.29. The largest absolute Gasteiger partial charge is 0.488 e. The minimum Gasteiger partial charge on any atom is -0.423 e. The van der Waals surface area contributed by atoms with Crippen molar-refractivity contribution in [3.63, 3.8) is 0 Å². The molecule has 0 saturated carbocycles. The molecule has 136 valence electrons. The van der Waals surface area contributed by atoms with Gasteiger partial charge in [-0.15, -0.1) is 0 Å². The van der Waals surface area contributed by atoms with Gasteiger partial charge in [0, 0.05) is 6.08 Å².